The topological polar surface area (TPSA) is 115 Å². The number of nitrogens with one attached hydrogen (secondary N) is 2. The number of aryl methyl sites for hydroxylation is 1. The van der Waals surface area contributed by atoms with E-state index >= 15 is 0 Å². The first-order valence-electron chi connectivity index (χ1n) is 8.72. The zero-order chi connectivity index (χ0) is 21.0. The van der Waals surface area contributed by atoms with Gasteiger partial charge < -0.3 is 16.4 Å². The Morgan fingerprint density at radius 2 is 1.86 bits per heavy atom. The average Bonchev–Trinajstić information content (AvgIpc) is 3.05. The SMILES string of the molecule is CCc1ccccc1NC(=O)c1nnn(CC(=O)Nc2ccc(F)cc2F)c1N. The predicted molar refractivity (Wildman–Crippen MR) is 103 cm³/mol. The summed E-state index contributed by atoms with van der Waals surface area (Å²) in [5.41, 5.74) is 7.12. The molecule has 0 bridgehead atoms. The normalized spacial score (nSPS) is 10.6. The first kappa shape index (κ1) is 19.9. The second-order valence-electron chi connectivity index (χ2n) is 6.12. The number of carbonyl (C=O) groups excluding carboxylic acids is 2. The highest BCUT2D eigenvalue weighted by Crippen LogP contribution is 2.18. The number of anilines is 3. The fourth-order valence-electron chi connectivity index (χ4n) is 2.65. The molecule has 10 heteroatoms. The number of benzene rings is 2. The number of aromatic nitrogens is 3. The maximum Gasteiger partial charge on any atom is 0.280 e. The molecule has 1 heterocycles. The van der Waals surface area contributed by atoms with Crippen LogP contribution < -0.4 is 16.4 Å². The van der Waals surface area contributed by atoms with Gasteiger partial charge in [0.25, 0.3) is 5.91 Å². The quantitative estimate of drug-likeness (QED) is 0.588. The van der Waals surface area contributed by atoms with Crippen molar-refractivity contribution in [2.45, 2.75) is 19.9 Å². The van der Waals surface area contributed by atoms with Crippen LogP contribution in [0.4, 0.5) is 26.0 Å². The van der Waals surface area contributed by atoms with Crippen molar-refractivity contribution in [3.63, 3.8) is 0 Å². The summed E-state index contributed by atoms with van der Waals surface area (Å²) in [5, 5.41) is 12.4. The lowest BCUT2D eigenvalue weighted by atomic mass is 10.1. The summed E-state index contributed by atoms with van der Waals surface area (Å²) in [7, 11) is 0. The van der Waals surface area contributed by atoms with E-state index < -0.39 is 30.0 Å². The molecule has 4 N–H and O–H groups in total. The summed E-state index contributed by atoms with van der Waals surface area (Å²) >= 11 is 0. The lowest BCUT2D eigenvalue weighted by molar-refractivity contribution is -0.116. The molecule has 0 fully saturated rings. The summed E-state index contributed by atoms with van der Waals surface area (Å²) in [6.45, 7) is 1.55. The minimum atomic E-state index is -0.917. The molecule has 3 aromatic rings. The van der Waals surface area contributed by atoms with Crippen molar-refractivity contribution in [3.05, 3.63) is 65.4 Å². The van der Waals surface area contributed by atoms with Crippen LogP contribution in [0.15, 0.2) is 42.5 Å². The van der Waals surface area contributed by atoms with Crippen LogP contribution in [0.1, 0.15) is 23.0 Å². The Kier molecular flexibility index (Phi) is 5.82. The monoisotopic (exact) mass is 400 g/mol. The number of rotatable bonds is 6. The van der Waals surface area contributed by atoms with Gasteiger partial charge in [0.1, 0.15) is 18.2 Å². The molecule has 0 aliphatic carbocycles. The van der Waals surface area contributed by atoms with E-state index in [-0.39, 0.29) is 17.2 Å². The van der Waals surface area contributed by atoms with Crippen LogP contribution in [0.3, 0.4) is 0 Å². The average molecular weight is 400 g/mol. The van der Waals surface area contributed by atoms with Crippen LogP contribution in [0, 0.1) is 11.6 Å². The van der Waals surface area contributed by atoms with Gasteiger partial charge in [-0.3, -0.25) is 9.59 Å². The molecule has 150 valence electrons. The Labute approximate surface area is 164 Å². The molecule has 0 saturated heterocycles. The summed E-state index contributed by atoms with van der Waals surface area (Å²) in [6.07, 6.45) is 0.721. The number of halogens is 2. The van der Waals surface area contributed by atoms with Crippen LogP contribution in [-0.4, -0.2) is 26.8 Å². The number of hydrogen-bond donors (Lipinski definition) is 3. The van der Waals surface area contributed by atoms with Crippen molar-refractivity contribution in [2.24, 2.45) is 0 Å². The molecule has 1 aromatic heterocycles. The first-order chi connectivity index (χ1) is 13.9. The van der Waals surface area contributed by atoms with Crippen LogP contribution in [0.2, 0.25) is 0 Å². The maximum absolute atomic E-state index is 13.6. The number of carbonyl (C=O) groups is 2. The number of para-hydroxylation sites is 1. The van der Waals surface area contributed by atoms with E-state index in [4.69, 9.17) is 5.73 Å². The molecule has 2 amide bonds. The lowest BCUT2D eigenvalue weighted by Crippen LogP contribution is -2.22. The second-order valence-corrected chi connectivity index (χ2v) is 6.12. The van der Waals surface area contributed by atoms with Crippen molar-refractivity contribution in [1.29, 1.82) is 0 Å². The summed E-state index contributed by atoms with van der Waals surface area (Å²) in [6, 6.07) is 10.0. The molecule has 8 nitrogen and oxygen atoms in total. The summed E-state index contributed by atoms with van der Waals surface area (Å²) < 4.78 is 27.6. The van der Waals surface area contributed by atoms with Gasteiger partial charge in [0.05, 0.1) is 5.69 Å². The van der Waals surface area contributed by atoms with Gasteiger partial charge in [-0.2, -0.15) is 0 Å². The van der Waals surface area contributed by atoms with Crippen molar-refractivity contribution >= 4 is 29.0 Å². The predicted octanol–water partition coefficient (Wildman–Crippen LogP) is 2.59. The molecule has 0 atom stereocenters. The molecule has 0 spiro atoms. The van der Waals surface area contributed by atoms with Crippen molar-refractivity contribution in [2.75, 3.05) is 16.4 Å². The lowest BCUT2D eigenvalue weighted by Gasteiger charge is -2.09. The molecule has 0 aliphatic heterocycles. The number of nitrogens with two attached hydrogens (primary N) is 1. The highest BCUT2D eigenvalue weighted by molar-refractivity contribution is 6.06. The van der Waals surface area contributed by atoms with Crippen LogP contribution in [0.5, 0.6) is 0 Å². The van der Waals surface area contributed by atoms with E-state index in [1.54, 1.807) is 12.1 Å². The molecule has 0 unspecified atom stereocenters. The molecule has 3 rings (SSSR count). The summed E-state index contributed by atoms with van der Waals surface area (Å²) in [5.74, 6) is -3.04. The smallest absolute Gasteiger partial charge is 0.280 e. The minimum absolute atomic E-state index is 0.119. The molecule has 29 heavy (non-hydrogen) atoms. The number of amides is 2. The zero-order valence-corrected chi connectivity index (χ0v) is 15.4. The van der Waals surface area contributed by atoms with Gasteiger partial charge in [0.15, 0.2) is 11.5 Å². The van der Waals surface area contributed by atoms with Crippen LogP contribution in [0.25, 0.3) is 0 Å². The van der Waals surface area contributed by atoms with E-state index in [0.717, 1.165) is 28.8 Å². The Balaban J connectivity index is 1.70. The van der Waals surface area contributed by atoms with E-state index in [2.05, 4.69) is 20.9 Å². The van der Waals surface area contributed by atoms with Gasteiger partial charge in [-0.1, -0.05) is 30.3 Å². The van der Waals surface area contributed by atoms with Gasteiger partial charge in [0, 0.05) is 11.8 Å². The molecule has 0 aliphatic rings. The van der Waals surface area contributed by atoms with Gasteiger partial charge >= 0.3 is 0 Å². The van der Waals surface area contributed by atoms with E-state index in [9.17, 15) is 18.4 Å². The van der Waals surface area contributed by atoms with Crippen LogP contribution in [-0.2, 0) is 17.8 Å². The van der Waals surface area contributed by atoms with Gasteiger partial charge in [0.2, 0.25) is 5.91 Å². The second kappa shape index (κ2) is 8.46. The molecular weight excluding hydrogens is 382 g/mol. The minimum Gasteiger partial charge on any atom is -0.382 e. The van der Waals surface area contributed by atoms with Gasteiger partial charge in [-0.05, 0) is 30.2 Å². The van der Waals surface area contributed by atoms with E-state index in [1.807, 2.05) is 19.1 Å². The molecule has 2 aromatic carbocycles. The highest BCUT2D eigenvalue weighted by atomic mass is 19.1. The first-order valence-corrected chi connectivity index (χ1v) is 8.72. The Morgan fingerprint density at radius 1 is 1.10 bits per heavy atom. The molecule has 0 radical (unpaired) electrons. The Morgan fingerprint density at radius 3 is 2.59 bits per heavy atom. The fourth-order valence-corrected chi connectivity index (χ4v) is 2.65. The Bertz CT molecular complexity index is 1070. The third-order valence-electron chi connectivity index (χ3n) is 4.13. The van der Waals surface area contributed by atoms with Crippen molar-refractivity contribution in [1.82, 2.24) is 15.0 Å². The largest absolute Gasteiger partial charge is 0.382 e. The van der Waals surface area contributed by atoms with Crippen LogP contribution >= 0.6 is 0 Å². The Hall–Kier alpha value is -3.82. The van der Waals surface area contributed by atoms with Gasteiger partial charge in [-0.25, -0.2) is 13.5 Å². The third-order valence-corrected chi connectivity index (χ3v) is 4.13. The maximum atomic E-state index is 13.6. The number of hydrogen-bond acceptors (Lipinski definition) is 5. The molecular formula is C19H18F2N6O2. The van der Waals surface area contributed by atoms with Crippen molar-refractivity contribution < 1.29 is 18.4 Å². The third kappa shape index (κ3) is 4.54. The van der Waals surface area contributed by atoms with Crippen molar-refractivity contribution in [3.8, 4) is 0 Å². The van der Waals surface area contributed by atoms with Gasteiger partial charge in [-0.15, -0.1) is 5.10 Å². The number of nitrogen functional groups attached to an aromatic ring is 1. The standard InChI is InChI=1S/C19H18F2N6O2/c1-2-11-5-3-4-6-14(11)24-19(29)17-18(22)27(26-25-17)10-16(28)23-15-8-7-12(20)9-13(15)21/h3-9H,2,10,22H2,1H3,(H,23,28)(H,24,29). The van der Waals surface area contributed by atoms with E-state index in [0.29, 0.717) is 11.8 Å². The highest BCUT2D eigenvalue weighted by Gasteiger charge is 2.20. The molecule has 0 saturated carbocycles. The van der Waals surface area contributed by atoms with E-state index in [1.165, 1.54) is 0 Å². The zero-order valence-electron chi connectivity index (χ0n) is 15.4. The fraction of sp³-hybridized carbons (Fsp3) is 0.158. The summed E-state index contributed by atoms with van der Waals surface area (Å²) in [4.78, 5) is 24.6. The number of nitrogens with zero attached hydrogens (tertiary/aromatic N) is 3.